The number of fused-ring (bicyclic) bond motifs is 2. The lowest BCUT2D eigenvalue weighted by molar-refractivity contribution is -0.136. The Kier molecular flexibility index (Phi) is 6.18. The van der Waals surface area contributed by atoms with Crippen molar-refractivity contribution in [2.45, 2.75) is 42.0 Å². The van der Waals surface area contributed by atoms with Gasteiger partial charge in [0.2, 0.25) is 11.8 Å². The molecule has 10 nitrogen and oxygen atoms in total. The number of benzene rings is 1. The highest BCUT2D eigenvalue weighted by molar-refractivity contribution is 8.00. The zero-order valence-corrected chi connectivity index (χ0v) is 20.6. The molecule has 2 N–H and O–H groups in total. The Morgan fingerprint density at radius 1 is 1.06 bits per heavy atom. The normalized spacial score (nSPS) is 23.7. The second-order valence-electron chi connectivity index (χ2n) is 8.73. The average molecular weight is 517 g/mol. The molecule has 1 aromatic carbocycles. The van der Waals surface area contributed by atoms with Crippen LogP contribution in [0.1, 0.15) is 35.6 Å². The van der Waals surface area contributed by atoms with E-state index in [2.05, 4.69) is 0 Å². The molecule has 5 rings (SSSR count). The van der Waals surface area contributed by atoms with Gasteiger partial charge in [0.15, 0.2) is 0 Å². The molecule has 3 aliphatic rings. The van der Waals surface area contributed by atoms with E-state index in [9.17, 15) is 24.0 Å². The molecular formula is C23H24N4O6S2. The number of ether oxygens (including phenoxy) is 1. The highest BCUT2D eigenvalue weighted by Gasteiger charge is 2.57. The smallest absolute Gasteiger partial charge is 0.328 e. The second-order valence-corrected chi connectivity index (χ2v) is 10.9. The summed E-state index contributed by atoms with van der Waals surface area (Å²) in [7, 11) is 1.54. The SMILES string of the molecule is COc1ccc(C2c3sc(=O)n(CC(=O)N4CCCCC4)c3SC3C(=O)N(C(N)=O)C(=O)C32)cc1. The Morgan fingerprint density at radius 2 is 1.74 bits per heavy atom. The van der Waals surface area contributed by atoms with Gasteiger partial charge in [-0.2, -0.15) is 4.90 Å². The zero-order chi connectivity index (χ0) is 24.9. The molecule has 35 heavy (non-hydrogen) atoms. The Labute approximate surface area is 209 Å². The van der Waals surface area contributed by atoms with Crippen molar-refractivity contribution in [3.63, 3.8) is 0 Å². The van der Waals surface area contributed by atoms with Crippen molar-refractivity contribution in [1.82, 2.24) is 14.4 Å². The van der Waals surface area contributed by atoms with E-state index in [-0.39, 0.29) is 17.3 Å². The first-order valence-corrected chi connectivity index (χ1v) is 13.0. The molecule has 12 heteroatoms. The Bertz CT molecular complexity index is 1260. The molecule has 0 spiro atoms. The largest absolute Gasteiger partial charge is 0.497 e. The summed E-state index contributed by atoms with van der Waals surface area (Å²) in [6.07, 6.45) is 2.94. The number of amides is 5. The first-order chi connectivity index (χ1) is 16.8. The Hall–Kier alpha value is -3.12. The molecule has 2 aromatic rings. The number of urea groups is 1. The number of thioether (sulfide) groups is 1. The van der Waals surface area contributed by atoms with Crippen molar-refractivity contribution in [2.24, 2.45) is 11.7 Å². The van der Waals surface area contributed by atoms with E-state index < -0.39 is 34.9 Å². The quantitative estimate of drug-likeness (QED) is 0.611. The maximum Gasteiger partial charge on any atom is 0.328 e. The number of carbonyl (C=O) groups is 4. The predicted molar refractivity (Wildman–Crippen MR) is 128 cm³/mol. The minimum atomic E-state index is -1.12. The molecule has 0 radical (unpaired) electrons. The van der Waals surface area contributed by atoms with Crippen LogP contribution < -0.4 is 15.3 Å². The van der Waals surface area contributed by atoms with Crippen molar-refractivity contribution in [3.05, 3.63) is 44.4 Å². The fraction of sp³-hybridized carbons (Fsp3) is 0.435. The average Bonchev–Trinajstić information content (AvgIpc) is 3.30. The molecular weight excluding hydrogens is 492 g/mol. The van der Waals surface area contributed by atoms with Gasteiger partial charge in [0, 0.05) is 23.9 Å². The zero-order valence-electron chi connectivity index (χ0n) is 19.0. The number of carbonyl (C=O) groups excluding carboxylic acids is 4. The van der Waals surface area contributed by atoms with Crippen LogP contribution in [0.3, 0.4) is 0 Å². The third-order valence-electron chi connectivity index (χ3n) is 6.75. The number of nitrogens with two attached hydrogens (primary N) is 1. The maximum absolute atomic E-state index is 13.2. The van der Waals surface area contributed by atoms with Crippen molar-refractivity contribution in [1.29, 1.82) is 0 Å². The van der Waals surface area contributed by atoms with Crippen LogP contribution in [0.2, 0.25) is 0 Å². The highest BCUT2D eigenvalue weighted by atomic mass is 32.2. The molecule has 3 unspecified atom stereocenters. The first-order valence-electron chi connectivity index (χ1n) is 11.3. The van der Waals surface area contributed by atoms with E-state index >= 15 is 0 Å². The summed E-state index contributed by atoms with van der Waals surface area (Å²) in [5.74, 6) is -2.46. The number of nitrogens with zero attached hydrogens (tertiary/aromatic N) is 3. The van der Waals surface area contributed by atoms with E-state index in [0.717, 1.165) is 42.4 Å². The van der Waals surface area contributed by atoms with Gasteiger partial charge in [0.1, 0.15) is 17.5 Å². The van der Waals surface area contributed by atoms with Gasteiger partial charge >= 0.3 is 10.9 Å². The maximum atomic E-state index is 13.2. The van der Waals surface area contributed by atoms with Crippen LogP contribution in [0, 0.1) is 5.92 Å². The summed E-state index contributed by atoms with van der Waals surface area (Å²) >= 11 is 2.03. The van der Waals surface area contributed by atoms with Gasteiger partial charge in [-0.25, -0.2) is 4.79 Å². The van der Waals surface area contributed by atoms with Gasteiger partial charge in [0.25, 0.3) is 5.91 Å². The highest BCUT2D eigenvalue weighted by Crippen LogP contribution is 2.53. The number of likely N-dealkylation sites (tertiary alicyclic amines) is 2. The van der Waals surface area contributed by atoms with Crippen molar-refractivity contribution in [2.75, 3.05) is 20.2 Å². The van der Waals surface area contributed by atoms with E-state index in [1.54, 1.807) is 29.2 Å². The number of methoxy groups -OCH3 is 1. The number of hydrogen-bond acceptors (Lipinski definition) is 8. The molecule has 3 atom stereocenters. The topological polar surface area (TPSA) is 132 Å². The fourth-order valence-electron chi connectivity index (χ4n) is 5.02. The van der Waals surface area contributed by atoms with Crippen LogP contribution >= 0.6 is 23.1 Å². The molecule has 0 saturated carbocycles. The summed E-state index contributed by atoms with van der Waals surface area (Å²) < 4.78 is 6.64. The van der Waals surface area contributed by atoms with Crippen LogP contribution in [0.5, 0.6) is 5.75 Å². The lowest BCUT2D eigenvalue weighted by Gasteiger charge is -2.31. The summed E-state index contributed by atoms with van der Waals surface area (Å²) in [5, 5.41) is -0.445. The van der Waals surface area contributed by atoms with Crippen molar-refractivity contribution < 1.29 is 23.9 Å². The number of piperidine rings is 1. The minimum absolute atomic E-state index is 0.133. The molecule has 5 amide bonds. The molecule has 2 saturated heterocycles. The minimum Gasteiger partial charge on any atom is -0.497 e. The lowest BCUT2D eigenvalue weighted by atomic mass is 9.83. The van der Waals surface area contributed by atoms with Gasteiger partial charge in [-0.05, 0) is 37.0 Å². The van der Waals surface area contributed by atoms with E-state index in [4.69, 9.17) is 10.5 Å². The number of primary amides is 1. The molecule has 4 heterocycles. The van der Waals surface area contributed by atoms with Crippen LogP contribution in [-0.2, 0) is 20.9 Å². The Balaban J connectivity index is 1.59. The molecule has 0 bridgehead atoms. The van der Waals surface area contributed by atoms with Gasteiger partial charge in [-0.3, -0.25) is 23.7 Å². The van der Waals surface area contributed by atoms with Gasteiger partial charge in [-0.1, -0.05) is 35.2 Å². The molecule has 2 fully saturated rings. The van der Waals surface area contributed by atoms with E-state index in [1.807, 2.05) is 0 Å². The summed E-state index contributed by atoms with van der Waals surface area (Å²) in [6, 6.07) is 5.90. The van der Waals surface area contributed by atoms with Gasteiger partial charge < -0.3 is 15.4 Å². The fourth-order valence-corrected chi connectivity index (χ4v) is 7.79. The third-order valence-corrected chi connectivity index (χ3v) is 9.35. The summed E-state index contributed by atoms with van der Waals surface area (Å²) in [4.78, 5) is 66.8. The van der Waals surface area contributed by atoms with Crippen LogP contribution in [0.25, 0.3) is 0 Å². The van der Waals surface area contributed by atoms with Gasteiger partial charge in [-0.15, -0.1) is 0 Å². The van der Waals surface area contributed by atoms with Crippen LogP contribution in [0.15, 0.2) is 34.1 Å². The van der Waals surface area contributed by atoms with Gasteiger partial charge in [0.05, 0.1) is 18.1 Å². The van der Waals surface area contributed by atoms with Crippen LogP contribution in [0.4, 0.5) is 4.79 Å². The van der Waals surface area contributed by atoms with E-state index in [0.29, 0.717) is 39.2 Å². The summed E-state index contributed by atoms with van der Waals surface area (Å²) in [5.41, 5.74) is 6.05. The number of rotatable bonds is 4. The van der Waals surface area contributed by atoms with Crippen molar-refractivity contribution in [3.8, 4) is 5.75 Å². The first kappa shape index (κ1) is 23.6. The molecule has 1 aromatic heterocycles. The standard InChI is InChI=1S/C23H24N4O6S2/c1-33-13-7-5-12(6-8-13)15-16-17(20(30)27(19(16)29)22(24)31)34-21-18(15)35-23(32)26(21)11-14(28)25-9-3-2-4-10-25/h5-8,15-17H,2-4,9-11H2,1H3,(H2,24,31). The Morgan fingerprint density at radius 3 is 2.37 bits per heavy atom. The van der Waals surface area contributed by atoms with Crippen molar-refractivity contribution >= 4 is 46.9 Å². The van der Waals surface area contributed by atoms with Crippen LogP contribution in [-0.4, -0.2) is 63.6 Å². The molecule has 184 valence electrons. The second kappa shape index (κ2) is 9.15. The number of hydrogen-bond donors (Lipinski definition) is 1. The molecule has 0 aliphatic carbocycles. The number of imide groups is 3. The third kappa shape index (κ3) is 3.94. The molecule has 3 aliphatic heterocycles. The predicted octanol–water partition coefficient (Wildman–Crippen LogP) is 1.60. The van der Waals surface area contributed by atoms with E-state index in [1.165, 1.54) is 11.7 Å². The number of thiazole rings is 1. The lowest BCUT2D eigenvalue weighted by Crippen LogP contribution is -2.41. The number of aromatic nitrogens is 1. The summed E-state index contributed by atoms with van der Waals surface area (Å²) in [6.45, 7) is 1.19. The monoisotopic (exact) mass is 516 g/mol.